The second-order valence-electron chi connectivity index (χ2n) is 4.67. The van der Waals surface area contributed by atoms with Crippen molar-refractivity contribution in [2.75, 3.05) is 24.7 Å². The third kappa shape index (κ3) is 3.64. The largest absolute Gasteiger partial charge is 0.494 e. The van der Waals surface area contributed by atoms with Crippen LogP contribution in [-0.4, -0.2) is 35.4 Å². The van der Waals surface area contributed by atoms with E-state index < -0.39 is 5.60 Å². The highest BCUT2D eigenvalue weighted by molar-refractivity contribution is 7.99. The average molecular weight is 267 g/mol. The zero-order chi connectivity index (χ0) is 12.8. The molecule has 0 spiro atoms. The summed E-state index contributed by atoms with van der Waals surface area (Å²) in [5.41, 5.74) is 0.624. The first-order chi connectivity index (χ1) is 8.73. The molecule has 3 nitrogen and oxygen atoms in total. The number of benzene rings is 1. The van der Waals surface area contributed by atoms with Gasteiger partial charge in [0.25, 0.3) is 0 Å². The minimum atomic E-state index is -0.523. The lowest BCUT2D eigenvalue weighted by Crippen LogP contribution is -2.40. The van der Waals surface area contributed by atoms with Gasteiger partial charge in [0.1, 0.15) is 5.75 Å². The van der Waals surface area contributed by atoms with Crippen LogP contribution in [0.2, 0.25) is 0 Å². The highest BCUT2D eigenvalue weighted by atomic mass is 32.2. The predicted molar refractivity (Wildman–Crippen MR) is 76.2 cm³/mol. The molecule has 1 saturated heterocycles. The fraction of sp³-hybridized carbons (Fsp3) is 0.571. The summed E-state index contributed by atoms with van der Waals surface area (Å²) in [5, 5.41) is 13.6. The summed E-state index contributed by atoms with van der Waals surface area (Å²) in [7, 11) is 0. The summed E-state index contributed by atoms with van der Waals surface area (Å²) in [5.74, 6) is 2.83. The molecule has 1 aromatic rings. The van der Waals surface area contributed by atoms with Crippen LogP contribution in [-0.2, 0) is 6.54 Å². The van der Waals surface area contributed by atoms with Gasteiger partial charge in [0.2, 0.25) is 0 Å². The van der Waals surface area contributed by atoms with Crippen LogP contribution < -0.4 is 10.1 Å². The molecule has 1 unspecified atom stereocenters. The molecule has 0 aliphatic carbocycles. The summed E-state index contributed by atoms with van der Waals surface area (Å²) < 4.78 is 5.58. The first-order valence-corrected chi connectivity index (χ1v) is 7.60. The molecule has 0 amide bonds. The molecule has 100 valence electrons. The molecule has 0 radical (unpaired) electrons. The molecular formula is C14H21NO2S. The van der Waals surface area contributed by atoms with E-state index in [-0.39, 0.29) is 0 Å². The third-order valence-electron chi connectivity index (χ3n) is 3.12. The summed E-state index contributed by atoms with van der Waals surface area (Å²) >= 11 is 1.82. The van der Waals surface area contributed by atoms with E-state index in [1.165, 1.54) is 0 Å². The number of aliphatic hydroxyl groups is 1. The maximum absolute atomic E-state index is 10.2. The Labute approximate surface area is 113 Å². The number of ether oxygens (including phenoxy) is 1. The minimum Gasteiger partial charge on any atom is -0.494 e. The fourth-order valence-corrected chi connectivity index (χ4v) is 3.41. The van der Waals surface area contributed by atoms with Crippen molar-refractivity contribution < 1.29 is 9.84 Å². The van der Waals surface area contributed by atoms with Crippen LogP contribution in [0.3, 0.4) is 0 Å². The molecule has 1 fully saturated rings. The van der Waals surface area contributed by atoms with Gasteiger partial charge in [-0.2, -0.15) is 11.8 Å². The zero-order valence-corrected chi connectivity index (χ0v) is 11.6. The van der Waals surface area contributed by atoms with Crippen molar-refractivity contribution in [3.05, 3.63) is 29.8 Å². The maximum atomic E-state index is 10.2. The van der Waals surface area contributed by atoms with E-state index >= 15 is 0 Å². The van der Waals surface area contributed by atoms with Crippen molar-refractivity contribution in [3.8, 4) is 5.75 Å². The van der Waals surface area contributed by atoms with Crippen LogP contribution in [0.5, 0.6) is 5.75 Å². The van der Waals surface area contributed by atoms with Crippen molar-refractivity contribution in [2.45, 2.75) is 25.5 Å². The zero-order valence-electron chi connectivity index (χ0n) is 10.8. The second-order valence-corrected chi connectivity index (χ2v) is 5.78. The predicted octanol–water partition coefficient (Wildman–Crippen LogP) is 2.04. The SMILES string of the molecule is CCOc1ccccc1CNCC1(O)CCSC1. The van der Waals surface area contributed by atoms with Gasteiger partial charge in [-0.3, -0.25) is 0 Å². The summed E-state index contributed by atoms with van der Waals surface area (Å²) in [6.45, 7) is 4.06. The number of hydrogen-bond acceptors (Lipinski definition) is 4. The van der Waals surface area contributed by atoms with Gasteiger partial charge in [-0.05, 0) is 25.2 Å². The average Bonchev–Trinajstić information content (AvgIpc) is 2.79. The summed E-state index contributed by atoms with van der Waals surface area (Å²) in [6.07, 6.45) is 0.887. The normalized spacial score (nSPS) is 23.2. The van der Waals surface area contributed by atoms with Crippen LogP contribution in [0, 0.1) is 0 Å². The molecule has 18 heavy (non-hydrogen) atoms. The number of nitrogens with one attached hydrogen (secondary N) is 1. The van der Waals surface area contributed by atoms with Gasteiger partial charge in [-0.25, -0.2) is 0 Å². The number of hydrogen-bond donors (Lipinski definition) is 2. The number of thioether (sulfide) groups is 1. The van der Waals surface area contributed by atoms with E-state index in [2.05, 4.69) is 11.4 Å². The van der Waals surface area contributed by atoms with Gasteiger partial charge in [-0.15, -0.1) is 0 Å². The van der Waals surface area contributed by atoms with E-state index in [0.29, 0.717) is 13.2 Å². The first kappa shape index (κ1) is 13.7. The Morgan fingerprint density at radius 3 is 3.00 bits per heavy atom. The molecular weight excluding hydrogens is 246 g/mol. The molecule has 1 aliphatic heterocycles. The van der Waals surface area contributed by atoms with E-state index in [0.717, 1.165) is 35.8 Å². The Morgan fingerprint density at radius 2 is 2.28 bits per heavy atom. The summed E-state index contributed by atoms with van der Waals surface area (Å²) in [4.78, 5) is 0. The van der Waals surface area contributed by atoms with E-state index in [1.807, 2.05) is 36.9 Å². The lowest BCUT2D eigenvalue weighted by molar-refractivity contribution is 0.0674. The van der Waals surface area contributed by atoms with Gasteiger partial charge in [0.05, 0.1) is 12.2 Å². The number of rotatable bonds is 6. The molecule has 4 heteroatoms. The van der Waals surface area contributed by atoms with E-state index in [9.17, 15) is 5.11 Å². The van der Waals surface area contributed by atoms with Crippen molar-refractivity contribution in [1.82, 2.24) is 5.32 Å². The van der Waals surface area contributed by atoms with Crippen molar-refractivity contribution >= 4 is 11.8 Å². The third-order valence-corrected chi connectivity index (χ3v) is 4.36. The van der Waals surface area contributed by atoms with Crippen molar-refractivity contribution in [3.63, 3.8) is 0 Å². The Balaban J connectivity index is 1.86. The standard InChI is InChI=1S/C14H21NO2S/c1-2-17-13-6-4-3-5-12(13)9-15-10-14(16)7-8-18-11-14/h3-6,15-16H,2,7-11H2,1H3. The Bertz CT molecular complexity index is 378. The molecule has 1 aliphatic rings. The molecule has 0 saturated carbocycles. The molecule has 1 atom stereocenters. The fourth-order valence-electron chi connectivity index (χ4n) is 2.11. The smallest absolute Gasteiger partial charge is 0.123 e. The second kappa shape index (κ2) is 6.45. The maximum Gasteiger partial charge on any atom is 0.123 e. The minimum absolute atomic E-state index is 0.523. The Hall–Kier alpha value is -0.710. The highest BCUT2D eigenvalue weighted by Gasteiger charge is 2.30. The highest BCUT2D eigenvalue weighted by Crippen LogP contribution is 2.27. The summed E-state index contributed by atoms with van der Waals surface area (Å²) in [6, 6.07) is 8.04. The van der Waals surface area contributed by atoms with Crippen LogP contribution in [0.4, 0.5) is 0 Å². The van der Waals surface area contributed by atoms with E-state index in [1.54, 1.807) is 0 Å². The van der Waals surface area contributed by atoms with Crippen LogP contribution in [0.15, 0.2) is 24.3 Å². The molecule has 2 N–H and O–H groups in total. The lowest BCUT2D eigenvalue weighted by Gasteiger charge is -2.22. The van der Waals surface area contributed by atoms with Crippen molar-refractivity contribution in [2.24, 2.45) is 0 Å². The molecule has 2 rings (SSSR count). The molecule has 1 aromatic carbocycles. The first-order valence-electron chi connectivity index (χ1n) is 6.45. The molecule has 0 bridgehead atoms. The quantitative estimate of drug-likeness (QED) is 0.827. The molecule has 1 heterocycles. The van der Waals surface area contributed by atoms with Gasteiger partial charge in [0, 0.05) is 24.4 Å². The van der Waals surface area contributed by atoms with Gasteiger partial charge >= 0.3 is 0 Å². The van der Waals surface area contributed by atoms with Gasteiger partial charge in [0.15, 0.2) is 0 Å². The molecule has 0 aromatic heterocycles. The van der Waals surface area contributed by atoms with E-state index in [4.69, 9.17) is 4.74 Å². The van der Waals surface area contributed by atoms with Crippen LogP contribution in [0.25, 0.3) is 0 Å². The topological polar surface area (TPSA) is 41.5 Å². The Morgan fingerprint density at radius 1 is 1.44 bits per heavy atom. The van der Waals surface area contributed by atoms with Crippen LogP contribution in [0.1, 0.15) is 18.9 Å². The Kier molecular flexibility index (Phi) is 4.92. The van der Waals surface area contributed by atoms with Crippen LogP contribution >= 0.6 is 11.8 Å². The van der Waals surface area contributed by atoms with Crippen molar-refractivity contribution in [1.29, 1.82) is 0 Å². The monoisotopic (exact) mass is 267 g/mol. The lowest BCUT2D eigenvalue weighted by atomic mass is 10.0. The van der Waals surface area contributed by atoms with Gasteiger partial charge in [-0.1, -0.05) is 18.2 Å². The number of para-hydroxylation sites is 1. The van der Waals surface area contributed by atoms with Gasteiger partial charge < -0.3 is 15.2 Å².